The number of fused-ring (bicyclic) bond motifs is 2. The zero-order valence-corrected chi connectivity index (χ0v) is 20.0. The predicted molar refractivity (Wildman–Crippen MR) is 133 cm³/mol. The number of halogens is 1. The van der Waals surface area contributed by atoms with Crippen LogP contribution in [0.25, 0.3) is 16.8 Å². The number of nitrogens with zero attached hydrogens (tertiary/aromatic N) is 6. The third kappa shape index (κ3) is 3.04. The van der Waals surface area contributed by atoms with E-state index in [1.807, 2.05) is 30.6 Å². The Morgan fingerprint density at radius 3 is 2.55 bits per heavy atom. The number of para-hydroxylation sites is 1. The molecule has 1 aromatic carbocycles. The van der Waals surface area contributed by atoms with Gasteiger partial charge < -0.3 is 9.80 Å². The molecule has 0 atom stereocenters. The Hall–Kier alpha value is -3.12. The quantitative estimate of drug-likeness (QED) is 0.418. The van der Waals surface area contributed by atoms with Gasteiger partial charge in [-0.25, -0.2) is 9.50 Å². The number of hydrogen-bond acceptors (Lipinski definition) is 5. The minimum absolute atomic E-state index is 0.202. The topological polar surface area (TPSA) is 49.6 Å². The van der Waals surface area contributed by atoms with Crippen LogP contribution in [0.15, 0.2) is 48.8 Å². The average Bonchev–Trinajstić information content (AvgIpc) is 3.40. The van der Waals surface area contributed by atoms with Crippen molar-refractivity contribution in [2.45, 2.75) is 38.6 Å². The summed E-state index contributed by atoms with van der Waals surface area (Å²) < 4.78 is 1.99. The van der Waals surface area contributed by atoms with Gasteiger partial charge in [-0.3, -0.25) is 4.98 Å². The first-order valence-electron chi connectivity index (χ1n) is 11.5. The molecule has 0 saturated carbocycles. The van der Waals surface area contributed by atoms with E-state index in [1.54, 1.807) is 6.20 Å². The zero-order chi connectivity index (χ0) is 22.7. The normalized spacial score (nSPS) is 17.2. The van der Waals surface area contributed by atoms with Gasteiger partial charge in [-0.05, 0) is 56.9 Å². The lowest BCUT2D eigenvalue weighted by Crippen LogP contribution is -2.53. The molecule has 4 aromatic rings. The van der Waals surface area contributed by atoms with Gasteiger partial charge in [0.2, 0.25) is 0 Å². The van der Waals surface area contributed by atoms with E-state index in [2.05, 4.69) is 57.3 Å². The molecule has 1 saturated heterocycles. The van der Waals surface area contributed by atoms with E-state index in [-0.39, 0.29) is 5.54 Å². The molecule has 3 aromatic heterocycles. The summed E-state index contributed by atoms with van der Waals surface area (Å²) in [7, 11) is 2.26. The van der Waals surface area contributed by atoms with Crippen molar-refractivity contribution < 1.29 is 0 Å². The van der Waals surface area contributed by atoms with Crippen LogP contribution >= 0.6 is 11.6 Å². The Labute approximate surface area is 198 Å². The van der Waals surface area contributed by atoms with Crippen molar-refractivity contribution in [2.24, 2.45) is 0 Å². The molecule has 33 heavy (non-hydrogen) atoms. The third-order valence-corrected chi connectivity index (χ3v) is 8.07. The molecule has 1 fully saturated rings. The number of anilines is 2. The molecular weight excluding hydrogens is 432 g/mol. The van der Waals surface area contributed by atoms with Gasteiger partial charge in [0.25, 0.3) is 0 Å². The molecule has 0 aliphatic carbocycles. The fourth-order valence-corrected chi connectivity index (χ4v) is 5.91. The molecule has 0 unspecified atom stereocenters. The molecule has 168 valence electrons. The van der Waals surface area contributed by atoms with Gasteiger partial charge in [0, 0.05) is 43.1 Å². The first-order chi connectivity index (χ1) is 16.0. The highest BCUT2D eigenvalue weighted by Gasteiger charge is 2.44. The second-order valence-electron chi connectivity index (χ2n) is 9.33. The number of benzene rings is 1. The van der Waals surface area contributed by atoms with Crippen LogP contribution in [0.3, 0.4) is 0 Å². The summed E-state index contributed by atoms with van der Waals surface area (Å²) in [6, 6.07) is 12.8. The van der Waals surface area contributed by atoms with Gasteiger partial charge in [0.15, 0.2) is 5.82 Å². The Balaban J connectivity index is 1.34. The lowest BCUT2D eigenvalue weighted by atomic mass is 9.84. The summed E-state index contributed by atoms with van der Waals surface area (Å²) in [5.41, 5.74) is 7.63. The van der Waals surface area contributed by atoms with Gasteiger partial charge in [-0.1, -0.05) is 29.8 Å². The minimum atomic E-state index is 0.202. The van der Waals surface area contributed by atoms with Crippen molar-refractivity contribution in [3.8, 4) is 11.3 Å². The van der Waals surface area contributed by atoms with Crippen LogP contribution in [-0.2, 0) is 6.42 Å². The van der Waals surface area contributed by atoms with Crippen LogP contribution in [0.4, 0.5) is 11.5 Å². The van der Waals surface area contributed by atoms with E-state index in [0.717, 1.165) is 66.3 Å². The standard InChI is InChI=1S/C26H27ClN6/c1-17-23(27)20(8-12-28-17)24-18(2)30-25(22-9-13-29-33(22)24)32-14-10-26(11-15-32)16-19-6-4-5-7-21(19)31(26)3/h4-9,12-13H,10-11,14-16H2,1-3H3. The highest BCUT2D eigenvalue weighted by atomic mass is 35.5. The van der Waals surface area contributed by atoms with E-state index in [0.29, 0.717) is 5.02 Å². The Kier molecular flexibility index (Phi) is 4.63. The lowest BCUT2D eigenvalue weighted by molar-refractivity contribution is 0.332. The van der Waals surface area contributed by atoms with Crippen molar-refractivity contribution >= 4 is 28.6 Å². The zero-order valence-electron chi connectivity index (χ0n) is 19.2. The van der Waals surface area contributed by atoms with Crippen molar-refractivity contribution in [1.29, 1.82) is 0 Å². The molecular formula is C26H27ClN6. The maximum Gasteiger partial charge on any atom is 0.155 e. The van der Waals surface area contributed by atoms with Gasteiger partial charge in [-0.15, -0.1) is 0 Å². The minimum Gasteiger partial charge on any atom is -0.368 e. The molecule has 6 rings (SSSR count). The first-order valence-corrected chi connectivity index (χ1v) is 11.9. The summed E-state index contributed by atoms with van der Waals surface area (Å²) in [4.78, 5) is 14.3. The largest absolute Gasteiger partial charge is 0.368 e. The molecule has 7 heteroatoms. The Bertz CT molecular complexity index is 1370. The number of piperidine rings is 1. The summed E-state index contributed by atoms with van der Waals surface area (Å²) in [6.07, 6.45) is 6.98. The van der Waals surface area contributed by atoms with E-state index in [4.69, 9.17) is 16.6 Å². The number of aromatic nitrogens is 4. The highest BCUT2D eigenvalue weighted by molar-refractivity contribution is 6.33. The van der Waals surface area contributed by atoms with Gasteiger partial charge in [0.1, 0.15) is 5.52 Å². The van der Waals surface area contributed by atoms with Crippen LogP contribution in [0.2, 0.25) is 5.02 Å². The van der Waals surface area contributed by atoms with Crippen LogP contribution < -0.4 is 9.80 Å². The van der Waals surface area contributed by atoms with Gasteiger partial charge in [-0.2, -0.15) is 5.10 Å². The van der Waals surface area contributed by atoms with Crippen LogP contribution in [-0.4, -0.2) is 45.3 Å². The number of aryl methyl sites for hydroxylation is 2. The van der Waals surface area contributed by atoms with Gasteiger partial charge in [0.05, 0.1) is 28.3 Å². The molecule has 5 heterocycles. The Morgan fingerprint density at radius 1 is 0.970 bits per heavy atom. The van der Waals surface area contributed by atoms with Crippen molar-refractivity contribution in [2.75, 3.05) is 29.9 Å². The molecule has 1 spiro atoms. The maximum atomic E-state index is 6.63. The van der Waals surface area contributed by atoms with Crippen molar-refractivity contribution in [3.05, 3.63) is 70.8 Å². The highest BCUT2D eigenvalue weighted by Crippen LogP contribution is 2.44. The monoisotopic (exact) mass is 458 g/mol. The van der Waals surface area contributed by atoms with Crippen molar-refractivity contribution in [3.63, 3.8) is 0 Å². The number of rotatable bonds is 2. The van der Waals surface area contributed by atoms with Gasteiger partial charge >= 0.3 is 0 Å². The number of pyridine rings is 1. The fourth-order valence-electron chi connectivity index (χ4n) is 5.71. The SMILES string of the molecule is Cc1nccc(-c2c(C)nc(N3CCC4(CC3)Cc3ccccc3N4C)c3ccnn23)c1Cl. The molecule has 2 aliphatic heterocycles. The van der Waals surface area contributed by atoms with Crippen LogP contribution in [0.5, 0.6) is 0 Å². The Morgan fingerprint density at radius 2 is 1.76 bits per heavy atom. The second-order valence-corrected chi connectivity index (χ2v) is 9.71. The first kappa shape index (κ1) is 20.5. The smallest absolute Gasteiger partial charge is 0.155 e. The maximum absolute atomic E-state index is 6.63. The summed E-state index contributed by atoms with van der Waals surface area (Å²) in [6.45, 7) is 5.91. The summed E-state index contributed by atoms with van der Waals surface area (Å²) >= 11 is 6.63. The summed E-state index contributed by atoms with van der Waals surface area (Å²) in [5.74, 6) is 1.00. The average molecular weight is 459 g/mol. The molecule has 2 aliphatic rings. The molecule has 0 radical (unpaired) electrons. The second kappa shape index (κ2) is 7.45. The van der Waals surface area contributed by atoms with Crippen LogP contribution in [0.1, 0.15) is 29.8 Å². The number of likely N-dealkylation sites (N-methyl/N-ethyl adjacent to an activating group) is 1. The number of hydrogen-bond donors (Lipinski definition) is 0. The van der Waals surface area contributed by atoms with E-state index >= 15 is 0 Å². The molecule has 0 N–H and O–H groups in total. The molecule has 0 amide bonds. The van der Waals surface area contributed by atoms with Crippen molar-refractivity contribution in [1.82, 2.24) is 19.6 Å². The fraction of sp³-hybridized carbons (Fsp3) is 0.346. The molecule has 6 nitrogen and oxygen atoms in total. The summed E-state index contributed by atoms with van der Waals surface area (Å²) in [5, 5.41) is 5.30. The van der Waals surface area contributed by atoms with E-state index < -0.39 is 0 Å². The predicted octanol–water partition coefficient (Wildman–Crippen LogP) is 5.09. The molecule has 0 bridgehead atoms. The van der Waals surface area contributed by atoms with Crippen LogP contribution in [0, 0.1) is 13.8 Å². The lowest BCUT2D eigenvalue weighted by Gasteiger charge is -2.45. The van der Waals surface area contributed by atoms with E-state index in [9.17, 15) is 0 Å². The third-order valence-electron chi connectivity index (χ3n) is 7.60. The van der Waals surface area contributed by atoms with E-state index in [1.165, 1.54) is 11.3 Å².